The third-order valence-electron chi connectivity index (χ3n) is 3.60. The maximum atomic E-state index is 13.6. The van der Waals surface area contributed by atoms with E-state index in [1.807, 2.05) is 18.2 Å². The van der Waals surface area contributed by atoms with Gasteiger partial charge in [0.25, 0.3) is 0 Å². The molecule has 1 N–H and O–H groups in total. The van der Waals surface area contributed by atoms with Crippen molar-refractivity contribution in [3.05, 3.63) is 57.3 Å². The summed E-state index contributed by atoms with van der Waals surface area (Å²) in [6.45, 7) is 0.667. The quantitative estimate of drug-likeness (QED) is 0.916. The molecule has 1 heterocycles. The Labute approximate surface area is 130 Å². The van der Waals surface area contributed by atoms with Crippen LogP contribution >= 0.6 is 15.9 Å². The lowest BCUT2D eigenvalue weighted by atomic mass is 9.98. The van der Waals surface area contributed by atoms with E-state index in [0.29, 0.717) is 22.4 Å². The van der Waals surface area contributed by atoms with Gasteiger partial charge in [0.2, 0.25) is 0 Å². The molecule has 1 atom stereocenters. The molecule has 0 aliphatic carbocycles. The molecule has 0 radical (unpaired) electrons. The number of ether oxygens (including phenoxy) is 2. The van der Waals surface area contributed by atoms with Crippen LogP contribution in [0.15, 0.2) is 34.8 Å². The monoisotopic (exact) mass is 352 g/mol. The molecule has 21 heavy (non-hydrogen) atoms. The van der Waals surface area contributed by atoms with Crippen molar-refractivity contribution in [2.45, 2.75) is 12.5 Å². The van der Waals surface area contributed by atoms with Crippen molar-refractivity contribution >= 4 is 15.9 Å². The molecule has 0 bridgehead atoms. The predicted octanol–water partition coefficient (Wildman–Crippen LogP) is 3.61. The first-order chi connectivity index (χ1) is 10.1. The Balaban J connectivity index is 2.02. The summed E-state index contributed by atoms with van der Waals surface area (Å²) in [7, 11) is 1.45. The van der Waals surface area contributed by atoms with Gasteiger partial charge in [0.15, 0.2) is 0 Å². The van der Waals surface area contributed by atoms with E-state index in [0.717, 1.165) is 23.3 Å². The Morgan fingerprint density at radius 3 is 2.90 bits per heavy atom. The van der Waals surface area contributed by atoms with Crippen molar-refractivity contribution in [2.24, 2.45) is 0 Å². The second-order valence-corrected chi connectivity index (χ2v) is 5.73. The largest absolute Gasteiger partial charge is 0.496 e. The van der Waals surface area contributed by atoms with Crippen molar-refractivity contribution < 1.29 is 19.0 Å². The lowest BCUT2D eigenvalue weighted by Gasteiger charge is -2.16. The molecule has 2 aromatic carbocycles. The predicted molar refractivity (Wildman–Crippen MR) is 80.4 cm³/mol. The highest BCUT2D eigenvalue weighted by Gasteiger charge is 2.20. The van der Waals surface area contributed by atoms with Crippen LogP contribution in [0, 0.1) is 5.82 Å². The van der Waals surface area contributed by atoms with Crippen LogP contribution in [-0.4, -0.2) is 18.8 Å². The van der Waals surface area contributed by atoms with E-state index < -0.39 is 11.9 Å². The highest BCUT2D eigenvalue weighted by Crippen LogP contribution is 2.36. The van der Waals surface area contributed by atoms with Crippen LogP contribution in [0.5, 0.6) is 11.5 Å². The lowest BCUT2D eigenvalue weighted by molar-refractivity contribution is 0.214. The van der Waals surface area contributed by atoms with Crippen molar-refractivity contribution in [1.82, 2.24) is 0 Å². The summed E-state index contributed by atoms with van der Waals surface area (Å²) in [6.07, 6.45) is -0.0529. The molecule has 110 valence electrons. The molecule has 0 saturated carbocycles. The minimum Gasteiger partial charge on any atom is -0.496 e. The zero-order chi connectivity index (χ0) is 15.0. The van der Waals surface area contributed by atoms with Gasteiger partial charge in [-0.05, 0) is 45.3 Å². The van der Waals surface area contributed by atoms with Gasteiger partial charge < -0.3 is 14.6 Å². The molecular formula is C16H14BrFO3. The molecular weight excluding hydrogens is 339 g/mol. The summed E-state index contributed by atoms with van der Waals surface area (Å²) in [5.74, 6) is 0.753. The van der Waals surface area contributed by atoms with E-state index in [4.69, 9.17) is 9.47 Å². The van der Waals surface area contributed by atoms with E-state index in [-0.39, 0.29) is 0 Å². The van der Waals surface area contributed by atoms with Crippen molar-refractivity contribution in [3.8, 4) is 11.5 Å². The molecule has 0 aromatic heterocycles. The summed E-state index contributed by atoms with van der Waals surface area (Å²) in [5.41, 5.74) is 2.33. The van der Waals surface area contributed by atoms with Gasteiger partial charge in [-0.2, -0.15) is 0 Å². The highest BCUT2D eigenvalue weighted by molar-refractivity contribution is 9.10. The summed E-state index contributed by atoms with van der Waals surface area (Å²) >= 11 is 3.14. The van der Waals surface area contributed by atoms with Gasteiger partial charge in [-0.3, -0.25) is 0 Å². The topological polar surface area (TPSA) is 38.7 Å². The molecule has 3 nitrogen and oxygen atoms in total. The van der Waals surface area contributed by atoms with E-state index in [9.17, 15) is 9.50 Å². The normalized spacial score (nSPS) is 14.5. The molecule has 5 heteroatoms. The first-order valence-corrected chi connectivity index (χ1v) is 7.36. The minimum absolute atomic E-state index is 0.293. The first-order valence-electron chi connectivity index (χ1n) is 6.56. The number of aliphatic hydroxyl groups is 1. The van der Waals surface area contributed by atoms with Gasteiger partial charge in [0.1, 0.15) is 23.4 Å². The van der Waals surface area contributed by atoms with Crippen LogP contribution in [-0.2, 0) is 6.42 Å². The second-order valence-electron chi connectivity index (χ2n) is 4.88. The van der Waals surface area contributed by atoms with Crippen LogP contribution in [0.25, 0.3) is 0 Å². The summed E-state index contributed by atoms with van der Waals surface area (Å²) in [5, 5.41) is 10.6. The van der Waals surface area contributed by atoms with E-state index >= 15 is 0 Å². The maximum absolute atomic E-state index is 13.6. The third-order valence-corrected chi connectivity index (χ3v) is 4.20. The van der Waals surface area contributed by atoms with Crippen molar-refractivity contribution in [1.29, 1.82) is 0 Å². The minimum atomic E-state index is -0.886. The number of aliphatic hydroxyl groups excluding tert-OH is 1. The molecule has 1 aliphatic heterocycles. The Kier molecular flexibility index (Phi) is 3.87. The first kappa shape index (κ1) is 14.4. The number of halogens is 2. The molecule has 0 fully saturated rings. The summed E-state index contributed by atoms with van der Waals surface area (Å²) < 4.78 is 24.5. The average Bonchev–Trinajstić information content (AvgIpc) is 2.96. The number of benzene rings is 2. The zero-order valence-electron chi connectivity index (χ0n) is 11.4. The highest BCUT2D eigenvalue weighted by atomic mass is 79.9. The van der Waals surface area contributed by atoms with Crippen molar-refractivity contribution in [3.63, 3.8) is 0 Å². The maximum Gasteiger partial charge on any atom is 0.141 e. The fourth-order valence-corrected chi connectivity index (χ4v) is 2.85. The standard InChI is InChI=1S/C16H14BrFO3/c1-20-15-8-13(18)12(17)7-11(15)16(19)10-2-3-14-9(6-10)4-5-21-14/h2-3,6-8,16,19H,4-5H2,1H3. The SMILES string of the molecule is COc1cc(F)c(Br)cc1C(O)c1ccc2c(c1)CCO2. The average molecular weight is 353 g/mol. The molecule has 1 unspecified atom stereocenters. The fraction of sp³-hybridized carbons (Fsp3) is 0.250. The Morgan fingerprint density at radius 1 is 1.33 bits per heavy atom. The summed E-state index contributed by atoms with van der Waals surface area (Å²) in [4.78, 5) is 0. The molecule has 0 spiro atoms. The molecule has 0 saturated heterocycles. The second kappa shape index (κ2) is 5.66. The fourth-order valence-electron chi connectivity index (χ4n) is 2.49. The number of fused-ring (bicyclic) bond motifs is 1. The van der Waals surface area contributed by atoms with Gasteiger partial charge in [0, 0.05) is 18.1 Å². The van der Waals surface area contributed by atoms with E-state index in [1.165, 1.54) is 13.2 Å². The van der Waals surface area contributed by atoms with E-state index in [2.05, 4.69) is 15.9 Å². The van der Waals surface area contributed by atoms with Gasteiger partial charge in [0.05, 0.1) is 18.2 Å². The van der Waals surface area contributed by atoms with Gasteiger partial charge >= 0.3 is 0 Å². The Bertz CT molecular complexity index is 687. The number of hydrogen-bond acceptors (Lipinski definition) is 3. The van der Waals surface area contributed by atoms with Gasteiger partial charge in [-0.1, -0.05) is 6.07 Å². The molecule has 0 amide bonds. The van der Waals surface area contributed by atoms with Crippen LogP contribution in [0.1, 0.15) is 22.8 Å². The molecule has 3 rings (SSSR count). The van der Waals surface area contributed by atoms with Crippen LogP contribution in [0.3, 0.4) is 0 Å². The lowest BCUT2D eigenvalue weighted by Crippen LogP contribution is -2.04. The smallest absolute Gasteiger partial charge is 0.141 e. The van der Waals surface area contributed by atoms with E-state index in [1.54, 1.807) is 6.07 Å². The molecule has 2 aromatic rings. The molecule has 1 aliphatic rings. The number of methoxy groups -OCH3 is 1. The van der Waals surface area contributed by atoms with Crippen LogP contribution in [0.2, 0.25) is 0 Å². The zero-order valence-corrected chi connectivity index (χ0v) is 13.0. The summed E-state index contributed by atoms with van der Waals surface area (Å²) in [6, 6.07) is 8.39. The van der Waals surface area contributed by atoms with Crippen molar-refractivity contribution in [2.75, 3.05) is 13.7 Å². The Morgan fingerprint density at radius 2 is 2.14 bits per heavy atom. The number of hydrogen-bond donors (Lipinski definition) is 1. The van der Waals surface area contributed by atoms with Gasteiger partial charge in [-0.25, -0.2) is 4.39 Å². The van der Waals surface area contributed by atoms with Crippen LogP contribution < -0.4 is 9.47 Å². The van der Waals surface area contributed by atoms with Gasteiger partial charge in [-0.15, -0.1) is 0 Å². The number of rotatable bonds is 3. The van der Waals surface area contributed by atoms with Crippen LogP contribution in [0.4, 0.5) is 4.39 Å². The Hall–Kier alpha value is -1.59. The third kappa shape index (κ3) is 2.63.